The molecule has 1 saturated carbocycles. The first-order valence-corrected chi connectivity index (χ1v) is 6.25. The maximum atomic E-state index is 13.8. The molecule has 3 nitrogen and oxygen atoms in total. The molecule has 2 rings (SSSR count). The number of rotatable bonds is 4. The Balaban J connectivity index is 2.18. The van der Waals surface area contributed by atoms with Crippen LogP contribution in [0.4, 0.5) is 4.39 Å². The number of hydrogen-bond acceptors (Lipinski definition) is 2. The third kappa shape index (κ3) is 2.49. The topological polar surface area (TPSA) is 49.3 Å². The van der Waals surface area contributed by atoms with Gasteiger partial charge in [-0.25, -0.2) is 4.39 Å². The van der Waals surface area contributed by atoms with Crippen molar-refractivity contribution >= 4 is 17.5 Å². The van der Waals surface area contributed by atoms with E-state index in [1.807, 2.05) is 0 Å². The Labute approximate surface area is 110 Å². The van der Waals surface area contributed by atoms with Crippen LogP contribution in [0.2, 0.25) is 5.02 Å². The van der Waals surface area contributed by atoms with E-state index in [0.717, 1.165) is 0 Å². The molecule has 18 heavy (non-hydrogen) atoms. The number of nitrogens with one attached hydrogen (secondary N) is 1. The minimum atomic E-state index is -0.774. The van der Waals surface area contributed by atoms with Crippen LogP contribution in [-0.2, 0) is 10.2 Å². The second kappa shape index (κ2) is 4.86. The van der Waals surface area contributed by atoms with Gasteiger partial charge in [0.25, 0.3) is 0 Å². The van der Waals surface area contributed by atoms with Crippen LogP contribution in [0, 0.1) is 5.82 Å². The fourth-order valence-corrected chi connectivity index (χ4v) is 2.19. The maximum absolute atomic E-state index is 13.8. The van der Waals surface area contributed by atoms with Crippen LogP contribution in [0.25, 0.3) is 0 Å². The van der Waals surface area contributed by atoms with Crippen molar-refractivity contribution in [3.05, 3.63) is 34.6 Å². The van der Waals surface area contributed by atoms with Crippen molar-refractivity contribution in [2.24, 2.45) is 0 Å². The highest BCUT2D eigenvalue weighted by Crippen LogP contribution is 2.49. The number of halogens is 2. The first kappa shape index (κ1) is 13.3. The molecule has 0 aliphatic heterocycles. The molecule has 1 amide bonds. The summed E-state index contributed by atoms with van der Waals surface area (Å²) in [6.07, 6.45) is 0.633. The van der Waals surface area contributed by atoms with E-state index in [1.54, 1.807) is 19.1 Å². The van der Waals surface area contributed by atoms with Gasteiger partial charge in [0.15, 0.2) is 0 Å². The third-order valence-electron chi connectivity index (χ3n) is 3.19. The average molecular weight is 272 g/mol. The minimum absolute atomic E-state index is 0.176. The SMILES string of the molecule is CC(O)CNC(=O)C1(c2ccc(Cl)cc2F)CC1. The smallest absolute Gasteiger partial charge is 0.230 e. The normalized spacial score (nSPS) is 18.2. The molecule has 1 aromatic rings. The van der Waals surface area contributed by atoms with E-state index in [0.29, 0.717) is 23.4 Å². The van der Waals surface area contributed by atoms with Crippen LogP contribution in [-0.4, -0.2) is 23.7 Å². The highest BCUT2D eigenvalue weighted by molar-refractivity contribution is 6.30. The lowest BCUT2D eigenvalue weighted by molar-refractivity contribution is -0.124. The second-order valence-electron chi connectivity index (χ2n) is 4.77. The zero-order chi connectivity index (χ0) is 13.3. The molecule has 0 heterocycles. The van der Waals surface area contributed by atoms with E-state index in [1.165, 1.54) is 6.07 Å². The summed E-state index contributed by atoms with van der Waals surface area (Å²) in [5.74, 6) is -0.684. The highest BCUT2D eigenvalue weighted by atomic mass is 35.5. The summed E-state index contributed by atoms with van der Waals surface area (Å²) < 4.78 is 13.8. The van der Waals surface area contributed by atoms with Gasteiger partial charge in [0.2, 0.25) is 5.91 Å². The first-order valence-electron chi connectivity index (χ1n) is 5.87. The standard InChI is InChI=1S/C13H15ClFNO2/c1-8(17)7-16-12(18)13(4-5-13)10-3-2-9(14)6-11(10)15/h2-3,6,8,17H,4-5,7H2,1H3,(H,16,18). The van der Waals surface area contributed by atoms with Crippen LogP contribution in [0.3, 0.4) is 0 Å². The number of hydrogen-bond donors (Lipinski definition) is 2. The summed E-state index contributed by atoms with van der Waals surface area (Å²) in [4.78, 5) is 12.0. The Morgan fingerprint density at radius 3 is 2.78 bits per heavy atom. The zero-order valence-electron chi connectivity index (χ0n) is 10.0. The molecule has 1 aliphatic rings. The minimum Gasteiger partial charge on any atom is -0.392 e. The summed E-state index contributed by atoms with van der Waals surface area (Å²) in [5, 5.41) is 12.1. The summed E-state index contributed by atoms with van der Waals surface area (Å²) >= 11 is 5.70. The van der Waals surface area contributed by atoms with Gasteiger partial charge in [0, 0.05) is 17.1 Å². The average Bonchev–Trinajstić information content (AvgIpc) is 3.07. The van der Waals surface area contributed by atoms with Gasteiger partial charge in [0.05, 0.1) is 11.5 Å². The molecule has 0 aromatic heterocycles. The molecular formula is C13H15ClFNO2. The molecule has 1 fully saturated rings. The van der Waals surface area contributed by atoms with Gasteiger partial charge < -0.3 is 10.4 Å². The van der Waals surface area contributed by atoms with Crippen LogP contribution in [0.1, 0.15) is 25.3 Å². The number of aliphatic hydroxyl groups excluding tert-OH is 1. The molecule has 0 spiro atoms. The fraction of sp³-hybridized carbons (Fsp3) is 0.462. The Hall–Kier alpha value is -1.13. The molecule has 5 heteroatoms. The maximum Gasteiger partial charge on any atom is 0.230 e. The first-order chi connectivity index (χ1) is 8.45. The van der Waals surface area contributed by atoms with Crippen molar-refractivity contribution in [2.45, 2.75) is 31.3 Å². The van der Waals surface area contributed by atoms with E-state index in [4.69, 9.17) is 16.7 Å². The van der Waals surface area contributed by atoms with Crippen molar-refractivity contribution in [1.29, 1.82) is 0 Å². The lowest BCUT2D eigenvalue weighted by Crippen LogP contribution is -2.38. The van der Waals surface area contributed by atoms with Gasteiger partial charge in [-0.3, -0.25) is 4.79 Å². The largest absolute Gasteiger partial charge is 0.392 e. The lowest BCUT2D eigenvalue weighted by Gasteiger charge is -2.17. The van der Waals surface area contributed by atoms with E-state index in [-0.39, 0.29) is 12.5 Å². The summed E-state index contributed by atoms with van der Waals surface area (Å²) in [6.45, 7) is 1.76. The number of carbonyl (C=O) groups is 1. The quantitative estimate of drug-likeness (QED) is 0.880. The predicted molar refractivity (Wildman–Crippen MR) is 67.0 cm³/mol. The predicted octanol–water partition coefficient (Wildman–Crippen LogP) is 2.01. The second-order valence-corrected chi connectivity index (χ2v) is 5.20. The van der Waals surface area contributed by atoms with E-state index in [2.05, 4.69) is 5.32 Å². The molecule has 2 N–H and O–H groups in total. The van der Waals surface area contributed by atoms with Crippen molar-refractivity contribution in [3.63, 3.8) is 0 Å². The molecule has 0 saturated heterocycles. The van der Waals surface area contributed by atoms with E-state index in [9.17, 15) is 9.18 Å². The Morgan fingerprint density at radius 1 is 1.61 bits per heavy atom. The van der Waals surface area contributed by atoms with Gasteiger partial charge >= 0.3 is 0 Å². The van der Waals surface area contributed by atoms with Gasteiger partial charge in [-0.15, -0.1) is 0 Å². The number of aliphatic hydroxyl groups is 1. The molecule has 0 radical (unpaired) electrons. The van der Waals surface area contributed by atoms with Crippen molar-refractivity contribution in [2.75, 3.05) is 6.54 Å². The molecule has 98 valence electrons. The van der Waals surface area contributed by atoms with E-state index < -0.39 is 17.3 Å². The molecule has 0 bridgehead atoms. The Kier molecular flexibility index (Phi) is 3.59. The van der Waals surface area contributed by atoms with Gasteiger partial charge in [0.1, 0.15) is 5.82 Å². The van der Waals surface area contributed by atoms with Gasteiger partial charge in [-0.2, -0.15) is 0 Å². The molecule has 1 aromatic carbocycles. The molecule has 1 atom stereocenters. The number of benzene rings is 1. The number of carbonyl (C=O) groups excluding carboxylic acids is 1. The van der Waals surface area contributed by atoms with Crippen LogP contribution < -0.4 is 5.32 Å². The van der Waals surface area contributed by atoms with Crippen LogP contribution in [0.15, 0.2) is 18.2 Å². The Morgan fingerprint density at radius 2 is 2.28 bits per heavy atom. The summed E-state index contributed by atoms with van der Waals surface area (Å²) in [5.41, 5.74) is -0.390. The molecule has 1 unspecified atom stereocenters. The highest BCUT2D eigenvalue weighted by Gasteiger charge is 2.52. The molecule has 1 aliphatic carbocycles. The van der Waals surface area contributed by atoms with Crippen molar-refractivity contribution < 1.29 is 14.3 Å². The van der Waals surface area contributed by atoms with Crippen molar-refractivity contribution in [1.82, 2.24) is 5.32 Å². The summed E-state index contributed by atoms with van der Waals surface area (Å²) in [6, 6.07) is 4.37. The van der Waals surface area contributed by atoms with Crippen molar-refractivity contribution in [3.8, 4) is 0 Å². The van der Waals surface area contributed by atoms with Crippen LogP contribution >= 0.6 is 11.6 Å². The Bertz CT molecular complexity index is 472. The van der Waals surface area contributed by atoms with Gasteiger partial charge in [-0.1, -0.05) is 17.7 Å². The summed E-state index contributed by atoms with van der Waals surface area (Å²) in [7, 11) is 0. The zero-order valence-corrected chi connectivity index (χ0v) is 10.8. The fourth-order valence-electron chi connectivity index (χ4n) is 2.03. The number of amides is 1. The lowest BCUT2D eigenvalue weighted by atomic mass is 9.94. The molecular weight excluding hydrogens is 257 g/mol. The third-order valence-corrected chi connectivity index (χ3v) is 3.42. The van der Waals surface area contributed by atoms with Gasteiger partial charge in [-0.05, 0) is 31.9 Å². The monoisotopic (exact) mass is 271 g/mol. The van der Waals surface area contributed by atoms with E-state index >= 15 is 0 Å². The van der Waals surface area contributed by atoms with Crippen LogP contribution in [0.5, 0.6) is 0 Å².